The summed E-state index contributed by atoms with van der Waals surface area (Å²) < 4.78 is 5.03. The smallest absolute Gasteiger partial charge is 0.291 e. The molecule has 0 radical (unpaired) electrons. The minimum absolute atomic E-state index is 0.00884. The summed E-state index contributed by atoms with van der Waals surface area (Å²) in [6, 6.07) is 10.6. The highest BCUT2D eigenvalue weighted by Gasteiger charge is 2.11. The maximum atomic E-state index is 11.8. The second-order valence-electron chi connectivity index (χ2n) is 5.30. The number of anilines is 1. The lowest BCUT2D eigenvalue weighted by Gasteiger charge is -2.12. The molecule has 1 heterocycles. The van der Waals surface area contributed by atoms with E-state index in [9.17, 15) is 9.59 Å². The average molecular weight is 315 g/mol. The Labute approximate surface area is 135 Å². The van der Waals surface area contributed by atoms with Gasteiger partial charge in [0.2, 0.25) is 5.91 Å². The average Bonchev–Trinajstić information content (AvgIpc) is 3.08. The van der Waals surface area contributed by atoms with Gasteiger partial charge in [-0.25, -0.2) is 0 Å². The molecule has 0 aliphatic heterocycles. The minimum Gasteiger partial charge on any atom is -0.459 e. The Morgan fingerprint density at radius 1 is 1.17 bits per heavy atom. The summed E-state index contributed by atoms with van der Waals surface area (Å²) >= 11 is 0. The fourth-order valence-electron chi connectivity index (χ4n) is 2.07. The Kier molecular flexibility index (Phi) is 5.94. The van der Waals surface area contributed by atoms with E-state index in [4.69, 9.17) is 4.42 Å². The van der Waals surface area contributed by atoms with Gasteiger partial charge in [0.05, 0.1) is 6.26 Å². The number of rotatable bonds is 7. The van der Waals surface area contributed by atoms with Crippen molar-refractivity contribution in [2.45, 2.75) is 13.5 Å². The van der Waals surface area contributed by atoms with Gasteiger partial charge < -0.3 is 20.4 Å². The van der Waals surface area contributed by atoms with E-state index in [1.54, 1.807) is 24.3 Å². The summed E-state index contributed by atoms with van der Waals surface area (Å²) in [6.45, 7) is 2.97. The summed E-state index contributed by atoms with van der Waals surface area (Å²) in [5, 5.41) is 8.60. The van der Waals surface area contributed by atoms with Gasteiger partial charge >= 0.3 is 0 Å². The van der Waals surface area contributed by atoms with Gasteiger partial charge in [0.1, 0.15) is 0 Å². The number of furan rings is 1. The fraction of sp³-hybridized carbons (Fsp3) is 0.294. The number of carbonyl (C=O) groups is 2. The number of amides is 2. The lowest BCUT2D eigenvalue weighted by atomic mass is 10.1. The number of benzene rings is 1. The van der Waals surface area contributed by atoms with Crippen LogP contribution in [0.25, 0.3) is 0 Å². The molecule has 2 rings (SSSR count). The minimum atomic E-state index is -0.294. The predicted molar refractivity (Wildman–Crippen MR) is 88.0 cm³/mol. The first-order valence-corrected chi connectivity index (χ1v) is 7.46. The maximum absolute atomic E-state index is 11.8. The van der Waals surface area contributed by atoms with Crippen molar-refractivity contribution >= 4 is 17.5 Å². The van der Waals surface area contributed by atoms with Crippen LogP contribution >= 0.6 is 0 Å². The zero-order valence-electron chi connectivity index (χ0n) is 13.3. The molecule has 0 saturated heterocycles. The molecule has 3 N–H and O–H groups in total. The summed E-state index contributed by atoms with van der Waals surface area (Å²) in [6.07, 6.45) is 1.45. The molecular weight excluding hydrogens is 294 g/mol. The van der Waals surface area contributed by atoms with Crippen molar-refractivity contribution in [1.82, 2.24) is 10.6 Å². The van der Waals surface area contributed by atoms with Gasteiger partial charge in [-0.15, -0.1) is 0 Å². The Morgan fingerprint density at radius 3 is 2.52 bits per heavy atom. The standard InChI is InChI=1S/C17H21N3O3/c1-12(10-18-2)16(21)19-11-13-5-7-14(8-6-13)20-17(22)15-4-3-9-23-15/h3-9,12,18H,10-11H2,1-2H3,(H,19,21)(H,20,22). The highest BCUT2D eigenvalue weighted by molar-refractivity contribution is 6.02. The molecule has 0 saturated carbocycles. The van der Waals surface area contributed by atoms with Gasteiger partial charge in [-0.05, 0) is 36.9 Å². The zero-order valence-corrected chi connectivity index (χ0v) is 13.3. The topological polar surface area (TPSA) is 83.4 Å². The fourth-order valence-corrected chi connectivity index (χ4v) is 2.07. The SMILES string of the molecule is CNCC(C)C(=O)NCc1ccc(NC(=O)c2ccco2)cc1. The van der Waals surface area contributed by atoms with E-state index in [0.29, 0.717) is 18.8 Å². The van der Waals surface area contributed by atoms with Crippen LogP contribution in [0.15, 0.2) is 47.1 Å². The van der Waals surface area contributed by atoms with Crippen LogP contribution in [-0.2, 0) is 11.3 Å². The molecule has 0 aliphatic carbocycles. The van der Waals surface area contributed by atoms with E-state index < -0.39 is 0 Å². The van der Waals surface area contributed by atoms with Gasteiger partial charge in [-0.3, -0.25) is 9.59 Å². The highest BCUT2D eigenvalue weighted by atomic mass is 16.3. The molecule has 1 aromatic carbocycles. The van der Waals surface area contributed by atoms with Crippen molar-refractivity contribution in [2.24, 2.45) is 5.92 Å². The largest absolute Gasteiger partial charge is 0.459 e. The first-order valence-electron chi connectivity index (χ1n) is 7.46. The molecule has 0 aliphatic rings. The van der Waals surface area contributed by atoms with E-state index >= 15 is 0 Å². The monoisotopic (exact) mass is 315 g/mol. The van der Waals surface area contributed by atoms with Crippen LogP contribution in [0.4, 0.5) is 5.69 Å². The molecule has 23 heavy (non-hydrogen) atoms. The molecule has 0 bridgehead atoms. The predicted octanol–water partition coefficient (Wildman–Crippen LogP) is 2.00. The molecular formula is C17H21N3O3. The molecule has 1 atom stereocenters. The number of hydrogen-bond donors (Lipinski definition) is 3. The molecule has 2 aromatic rings. The van der Waals surface area contributed by atoms with E-state index in [2.05, 4.69) is 16.0 Å². The van der Waals surface area contributed by atoms with E-state index in [0.717, 1.165) is 5.56 Å². The summed E-state index contributed by atoms with van der Waals surface area (Å²) in [4.78, 5) is 23.7. The lowest BCUT2D eigenvalue weighted by molar-refractivity contribution is -0.124. The van der Waals surface area contributed by atoms with Gasteiger partial charge in [0, 0.05) is 24.7 Å². The third-order valence-corrected chi connectivity index (χ3v) is 3.38. The summed E-state index contributed by atoms with van der Waals surface area (Å²) in [7, 11) is 1.82. The van der Waals surface area contributed by atoms with Crippen LogP contribution in [0.3, 0.4) is 0 Å². The molecule has 1 unspecified atom stereocenters. The van der Waals surface area contributed by atoms with Gasteiger partial charge in [0.25, 0.3) is 5.91 Å². The number of hydrogen-bond acceptors (Lipinski definition) is 4. The van der Waals surface area contributed by atoms with E-state index in [1.165, 1.54) is 6.26 Å². The van der Waals surface area contributed by atoms with Crippen molar-refractivity contribution in [2.75, 3.05) is 18.9 Å². The second-order valence-corrected chi connectivity index (χ2v) is 5.30. The Balaban J connectivity index is 1.85. The lowest BCUT2D eigenvalue weighted by Crippen LogP contribution is -2.33. The van der Waals surface area contributed by atoms with Crippen molar-refractivity contribution in [3.63, 3.8) is 0 Å². The Bertz CT molecular complexity index is 636. The molecule has 6 nitrogen and oxygen atoms in total. The molecule has 2 amide bonds. The summed E-state index contributed by atoms with van der Waals surface area (Å²) in [5.41, 5.74) is 1.64. The van der Waals surface area contributed by atoms with Gasteiger partial charge in [0.15, 0.2) is 5.76 Å². The molecule has 1 aromatic heterocycles. The van der Waals surface area contributed by atoms with E-state index in [1.807, 2.05) is 26.1 Å². The van der Waals surface area contributed by atoms with Crippen molar-refractivity contribution < 1.29 is 14.0 Å². The quantitative estimate of drug-likeness (QED) is 0.730. The first kappa shape index (κ1) is 16.8. The van der Waals surface area contributed by atoms with Crippen molar-refractivity contribution in [1.29, 1.82) is 0 Å². The Morgan fingerprint density at radius 2 is 1.91 bits per heavy atom. The van der Waals surface area contributed by atoms with Crippen LogP contribution in [0.2, 0.25) is 0 Å². The molecule has 6 heteroatoms. The number of carbonyl (C=O) groups excluding carboxylic acids is 2. The second kappa shape index (κ2) is 8.14. The normalized spacial score (nSPS) is 11.7. The number of nitrogens with one attached hydrogen (secondary N) is 3. The van der Waals surface area contributed by atoms with Crippen molar-refractivity contribution in [3.8, 4) is 0 Å². The zero-order chi connectivity index (χ0) is 16.7. The van der Waals surface area contributed by atoms with Crippen LogP contribution in [0.5, 0.6) is 0 Å². The van der Waals surface area contributed by atoms with Gasteiger partial charge in [-0.1, -0.05) is 19.1 Å². The molecule has 122 valence electrons. The third kappa shape index (κ3) is 4.96. The van der Waals surface area contributed by atoms with Crippen LogP contribution in [-0.4, -0.2) is 25.4 Å². The van der Waals surface area contributed by atoms with Crippen molar-refractivity contribution in [3.05, 3.63) is 54.0 Å². The summed E-state index contributed by atoms with van der Waals surface area (Å²) in [5.74, 6) is -0.0989. The molecule has 0 spiro atoms. The van der Waals surface area contributed by atoms with Crippen LogP contribution in [0, 0.1) is 5.92 Å². The van der Waals surface area contributed by atoms with Gasteiger partial charge in [-0.2, -0.15) is 0 Å². The van der Waals surface area contributed by atoms with E-state index in [-0.39, 0.29) is 23.5 Å². The molecule has 0 fully saturated rings. The third-order valence-electron chi connectivity index (χ3n) is 3.38. The van der Waals surface area contributed by atoms with Crippen LogP contribution < -0.4 is 16.0 Å². The maximum Gasteiger partial charge on any atom is 0.291 e. The van der Waals surface area contributed by atoms with Crippen LogP contribution in [0.1, 0.15) is 23.0 Å². The Hall–Kier alpha value is -2.60. The highest BCUT2D eigenvalue weighted by Crippen LogP contribution is 2.12. The first-order chi connectivity index (χ1) is 11.1.